The van der Waals surface area contributed by atoms with Gasteiger partial charge in [-0.1, -0.05) is 17.7 Å². The van der Waals surface area contributed by atoms with Crippen molar-refractivity contribution in [3.05, 3.63) is 58.9 Å². The van der Waals surface area contributed by atoms with E-state index in [0.29, 0.717) is 11.3 Å². The highest BCUT2D eigenvalue weighted by Gasteiger charge is 2.09. The molecule has 2 aromatic rings. The molecule has 126 valence electrons. The minimum Gasteiger partial charge on any atom is -0.484 e. The van der Waals surface area contributed by atoms with Crippen LogP contribution >= 0.6 is 11.6 Å². The van der Waals surface area contributed by atoms with E-state index in [1.165, 1.54) is 18.2 Å². The van der Waals surface area contributed by atoms with Crippen molar-refractivity contribution in [2.75, 3.05) is 18.5 Å². The van der Waals surface area contributed by atoms with Gasteiger partial charge in [-0.2, -0.15) is 0 Å². The van der Waals surface area contributed by atoms with Crippen LogP contribution in [0.1, 0.15) is 17.3 Å². The molecule has 1 N–H and O–H groups in total. The van der Waals surface area contributed by atoms with Crippen LogP contribution < -0.4 is 10.1 Å². The molecule has 0 unspecified atom stereocenters. The van der Waals surface area contributed by atoms with Gasteiger partial charge in [-0.15, -0.1) is 0 Å². The van der Waals surface area contributed by atoms with E-state index in [9.17, 15) is 14.0 Å². The Bertz CT molecular complexity index is 751. The number of hydrogen-bond acceptors (Lipinski definition) is 4. The zero-order chi connectivity index (χ0) is 17.5. The quantitative estimate of drug-likeness (QED) is 0.806. The number of nitrogens with one attached hydrogen (secondary N) is 1. The van der Waals surface area contributed by atoms with Crippen molar-refractivity contribution in [1.29, 1.82) is 0 Å². The van der Waals surface area contributed by atoms with Crippen LogP contribution in [0.25, 0.3) is 0 Å². The normalized spacial score (nSPS) is 10.1. The van der Waals surface area contributed by atoms with Crippen LogP contribution in [0.3, 0.4) is 0 Å². The number of ether oxygens (including phenoxy) is 2. The van der Waals surface area contributed by atoms with Gasteiger partial charge in [0.1, 0.15) is 11.6 Å². The standard InChI is InChI=1S/C17H15ClFNO4/c1-2-23-17(22)11-4-3-5-12(8-11)20-16(21)10-24-13-6-7-15(19)14(18)9-13/h3-9H,2,10H2,1H3,(H,20,21). The van der Waals surface area contributed by atoms with Crippen molar-refractivity contribution < 1.29 is 23.5 Å². The lowest BCUT2D eigenvalue weighted by Gasteiger charge is -2.09. The SMILES string of the molecule is CCOC(=O)c1cccc(NC(=O)COc2ccc(F)c(Cl)c2)c1. The number of amides is 1. The van der Waals surface area contributed by atoms with Crippen LogP contribution in [0.15, 0.2) is 42.5 Å². The van der Waals surface area contributed by atoms with E-state index in [1.54, 1.807) is 25.1 Å². The van der Waals surface area contributed by atoms with Crippen molar-refractivity contribution in [3.63, 3.8) is 0 Å². The highest BCUT2D eigenvalue weighted by molar-refractivity contribution is 6.30. The van der Waals surface area contributed by atoms with Crippen molar-refractivity contribution in [2.45, 2.75) is 6.92 Å². The Morgan fingerprint density at radius 2 is 2.00 bits per heavy atom. The summed E-state index contributed by atoms with van der Waals surface area (Å²) >= 11 is 5.63. The second kappa shape index (κ2) is 8.31. The molecular formula is C17H15ClFNO4. The van der Waals surface area contributed by atoms with Gasteiger partial charge in [0.15, 0.2) is 6.61 Å². The Morgan fingerprint density at radius 1 is 1.21 bits per heavy atom. The third-order valence-corrected chi connectivity index (χ3v) is 3.21. The largest absolute Gasteiger partial charge is 0.484 e. The number of carbonyl (C=O) groups excluding carboxylic acids is 2. The molecule has 0 spiro atoms. The summed E-state index contributed by atoms with van der Waals surface area (Å²) in [6, 6.07) is 10.2. The molecule has 0 saturated carbocycles. The van der Waals surface area contributed by atoms with E-state index in [4.69, 9.17) is 21.1 Å². The lowest BCUT2D eigenvalue weighted by molar-refractivity contribution is -0.118. The van der Waals surface area contributed by atoms with Gasteiger partial charge in [-0.05, 0) is 37.3 Å². The maximum absolute atomic E-state index is 13.0. The second-order valence-electron chi connectivity index (χ2n) is 4.71. The van der Waals surface area contributed by atoms with Crippen LogP contribution in [-0.4, -0.2) is 25.1 Å². The first-order valence-corrected chi connectivity index (χ1v) is 7.52. The van der Waals surface area contributed by atoms with Gasteiger partial charge in [0.05, 0.1) is 17.2 Å². The molecule has 0 aliphatic rings. The van der Waals surface area contributed by atoms with E-state index in [2.05, 4.69) is 5.32 Å². The van der Waals surface area contributed by atoms with Crippen molar-refractivity contribution in [3.8, 4) is 5.75 Å². The second-order valence-corrected chi connectivity index (χ2v) is 5.12. The average Bonchev–Trinajstić information content (AvgIpc) is 2.56. The molecule has 0 saturated heterocycles. The molecule has 0 atom stereocenters. The Balaban J connectivity index is 1.93. The summed E-state index contributed by atoms with van der Waals surface area (Å²) in [5, 5.41) is 2.51. The monoisotopic (exact) mass is 351 g/mol. The molecule has 0 aliphatic carbocycles. The highest BCUT2D eigenvalue weighted by atomic mass is 35.5. The molecule has 0 bridgehead atoms. The number of esters is 1. The van der Waals surface area contributed by atoms with Crippen molar-refractivity contribution in [1.82, 2.24) is 0 Å². The van der Waals surface area contributed by atoms with Gasteiger partial charge in [0, 0.05) is 11.8 Å². The van der Waals surface area contributed by atoms with Gasteiger partial charge in [-0.3, -0.25) is 4.79 Å². The van der Waals surface area contributed by atoms with E-state index in [1.807, 2.05) is 0 Å². The average molecular weight is 352 g/mol. The molecule has 2 rings (SSSR count). The summed E-state index contributed by atoms with van der Waals surface area (Å²) in [7, 11) is 0. The minimum absolute atomic E-state index is 0.0879. The summed E-state index contributed by atoms with van der Waals surface area (Å²) in [6.07, 6.45) is 0. The molecule has 0 aromatic heterocycles. The Hall–Kier alpha value is -2.60. The number of benzene rings is 2. The number of carbonyl (C=O) groups is 2. The summed E-state index contributed by atoms with van der Waals surface area (Å²) in [4.78, 5) is 23.5. The summed E-state index contributed by atoms with van der Waals surface area (Å²) in [5.41, 5.74) is 0.771. The lowest BCUT2D eigenvalue weighted by atomic mass is 10.2. The zero-order valence-electron chi connectivity index (χ0n) is 12.8. The fourth-order valence-corrected chi connectivity index (χ4v) is 2.02. The van der Waals surface area contributed by atoms with Crippen LogP contribution in [0.5, 0.6) is 5.75 Å². The predicted octanol–water partition coefficient (Wildman–Crippen LogP) is 3.67. The maximum Gasteiger partial charge on any atom is 0.338 e. The van der Waals surface area contributed by atoms with Crippen LogP contribution in [0.2, 0.25) is 5.02 Å². The number of halogens is 2. The first-order valence-electron chi connectivity index (χ1n) is 7.14. The molecule has 1 amide bonds. The molecule has 0 radical (unpaired) electrons. The Labute approximate surface area is 143 Å². The topological polar surface area (TPSA) is 64.6 Å². The maximum atomic E-state index is 13.0. The van der Waals surface area contributed by atoms with E-state index in [-0.39, 0.29) is 24.0 Å². The third kappa shape index (κ3) is 4.96. The first-order chi connectivity index (χ1) is 11.5. The fraction of sp³-hybridized carbons (Fsp3) is 0.176. The van der Waals surface area contributed by atoms with Crippen LogP contribution in [-0.2, 0) is 9.53 Å². The first kappa shape index (κ1) is 17.7. The predicted molar refractivity (Wildman–Crippen MR) is 87.9 cm³/mol. The molecule has 5 nitrogen and oxygen atoms in total. The van der Waals surface area contributed by atoms with E-state index in [0.717, 1.165) is 6.07 Å². The van der Waals surface area contributed by atoms with E-state index >= 15 is 0 Å². The van der Waals surface area contributed by atoms with Crippen molar-refractivity contribution >= 4 is 29.2 Å². The highest BCUT2D eigenvalue weighted by Crippen LogP contribution is 2.21. The third-order valence-electron chi connectivity index (χ3n) is 2.92. The fourth-order valence-electron chi connectivity index (χ4n) is 1.85. The summed E-state index contributed by atoms with van der Waals surface area (Å²) in [6.45, 7) is 1.69. The molecule has 0 heterocycles. The van der Waals surface area contributed by atoms with Crippen LogP contribution in [0, 0.1) is 5.82 Å². The molecule has 0 aliphatic heterocycles. The smallest absolute Gasteiger partial charge is 0.338 e. The van der Waals surface area contributed by atoms with E-state index < -0.39 is 17.7 Å². The van der Waals surface area contributed by atoms with Gasteiger partial charge >= 0.3 is 5.97 Å². The van der Waals surface area contributed by atoms with Gasteiger partial charge in [0.2, 0.25) is 0 Å². The molecular weight excluding hydrogens is 337 g/mol. The molecule has 24 heavy (non-hydrogen) atoms. The van der Waals surface area contributed by atoms with Crippen LogP contribution in [0.4, 0.5) is 10.1 Å². The Morgan fingerprint density at radius 3 is 2.71 bits per heavy atom. The summed E-state index contributed by atoms with van der Waals surface area (Å²) in [5.74, 6) is -1.19. The molecule has 7 heteroatoms. The molecule has 0 fully saturated rings. The molecule has 2 aromatic carbocycles. The number of anilines is 1. The van der Waals surface area contributed by atoms with Gasteiger partial charge in [-0.25, -0.2) is 9.18 Å². The number of rotatable bonds is 6. The van der Waals surface area contributed by atoms with Gasteiger partial charge in [0.25, 0.3) is 5.91 Å². The Kier molecular flexibility index (Phi) is 6.14. The minimum atomic E-state index is -0.566. The lowest BCUT2D eigenvalue weighted by Crippen LogP contribution is -2.20. The number of hydrogen-bond donors (Lipinski definition) is 1. The summed E-state index contributed by atoms with van der Waals surface area (Å²) < 4.78 is 23.2. The van der Waals surface area contributed by atoms with Gasteiger partial charge < -0.3 is 14.8 Å². The van der Waals surface area contributed by atoms with Crippen molar-refractivity contribution in [2.24, 2.45) is 0 Å². The zero-order valence-corrected chi connectivity index (χ0v) is 13.6.